The standard InChI is InChI=1S/C56H37NO/c1-2-16-40(17-3-1)45-24-12-19-41-20-13-25-48(55(41)45)46-21-6-9-27-51(46)57(44-35-33-39(34-36-44)43-32-31-38-15-4-5-18-42(38)37-43)52-28-10-7-22-47(52)49-26-14-30-54-56(49)50-23-8-11-29-53(50)58-54/h1-37H. The summed E-state index contributed by atoms with van der Waals surface area (Å²) in [6, 6.07) is 80.8. The van der Waals surface area contributed by atoms with Gasteiger partial charge >= 0.3 is 0 Å². The molecule has 1 aromatic heterocycles. The fourth-order valence-electron chi connectivity index (χ4n) is 8.80. The van der Waals surface area contributed by atoms with Crippen LogP contribution in [-0.2, 0) is 0 Å². The summed E-state index contributed by atoms with van der Waals surface area (Å²) >= 11 is 0. The molecular formula is C56H37NO. The van der Waals surface area contributed by atoms with E-state index in [1.165, 1.54) is 49.4 Å². The van der Waals surface area contributed by atoms with Crippen molar-refractivity contribution in [2.24, 2.45) is 0 Å². The van der Waals surface area contributed by atoms with Gasteiger partial charge in [-0.2, -0.15) is 0 Å². The van der Waals surface area contributed by atoms with Crippen molar-refractivity contribution in [1.82, 2.24) is 0 Å². The molecule has 0 aliphatic heterocycles. The molecule has 0 fully saturated rings. The molecule has 0 aliphatic rings. The normalized spacial score (nSPS) is 11.4. The number of hydrogen-bond acceptors (Lipinski definition) is 2. The first-order chi connectivity index (χ1) is 28.8. The summed E-state index contributed by atoms with van der Waals surface area (Å²) in [5, 5.41) is 7.15. The van der Waals surface area contributed by atoms with Gasteiger partial charge in [-0.1, -0.05) is 182 Å². The smallest absolute Gasteiger partial charge is 0.136 e. The largest absolute Gasteiger partial charge is 0.456 e. The quantitative estimate of drug-likeness (QED) is 0.162. The Balaban J connectivity index is 1.15. The van der Waals surface area contributed by atoms with Gasteiger partial charge in [-0.05, 0) is 97.4 Å². The van der Waals surface area contributed by atoms with E-state index in [9.17, 15) is 0 Å². The van der Waals surface area contributed by atoms with Crippen molar-refractivity contribution < 1.29 is 4.42 Å². The third-order valence-electron chi connectivity index (χ3n) is 11.5. The highest BCUT2D eigenvalue weighted by molar-refractivity contribution is 6.14. The van der Waals surface area contributed by atoms with E-state index in [2.05, 4.69) is 223 Å². The second-order valence-corrected chi connectivity index (χ2v) is 14.8. The molecule has 0 amide bonds. The molecule has 0 saturated carbocycles. The van der Waals surface area contributed by atoms with E-state index in [-0.39, 0.29) is 0 Å². The molecule has 58 heavy (non-hydrogen) atoms. The van der Waals surface area contributed by atoms with Crippen LogP contribution in [0.4, 0.5) is 17.1 Å². The van der Waals surface area contributed by atoms with Gasteiger partial charge in [0, 0.05) is 27.6 Å². The zero-order valence-corrected chi connectivity index (χ0v) is 31.7. The Labute approximate surface area is 337 Å². The Morgan fingerprint density at radius 3 is 1.59 bits per heavy atom. The molecule has 0 saturated heterocycles. The molecule has 0 aliphatic carbocycles. The van der Waals surface area contributed by atoms with Crippen molar-refractivity contribution in [3.05, 3.63) is 224 Å². The van der Waals surface area contributed by atoms with Crippen LogP contribution in [-0.4, -0.2) is 0 Å². The average molecular weight is 740 g/mol. The summed E-state index contributed by atoms with van der Waals surface area (Å²) in [6.07, 6.45) is 0. The molecule has 1 heterocycles. The molecule has 10 aromatic carbocycles. The topological polar surface area (TPSA) is 16.4 Å². The summed E-state index contributed by atoms with van der Waals surface area (Å²) in [7, 11) is 0. The zero-order valence-electron chi connectivity index (χ0n) is 31.7. The van der Waals surface area contributed by atoms with Gasteiger partial charge in [0.2, 0.25) is 0 Å². The molecule has 0 atom stereocenters. The van der Waals surface area contributed by atoms with Crippen LogP contribution in [0.5, 0.6) is 0 Å². The summed E-state index contributed by atoms with van der Waals surface area (Å²) in [6.45, 7) is 0. The monoisotopic (exact) mass is 739 g/mol. The maximum absolute atomic E-state index is 6.42. The van der Waals surface area contributed by atoms with Gasteiger partial charge in [0.1, 0.15) is 11.2 Å². The molecule has 11 aromatic rings. The summed E-state index contributed by atoms with van der Waals surface area (Å²) in [5.74, 6) is 0. The van der Waals surface area contributed by atoms with Crippen LogP contribution in [0, 0.1) is 0 Å². The van der Waals surface area contributed by atoms with E-state index >= 15 is 0 Å². The van der Waals surface area contributed by atoms with Crippen molar-refractivity contribution >= 4 is 60.5 Å². The van der Waals surface area contributed by atoms with E-state index in [0.717, 1.165) is 55.7 Å². The number of anilines is 3. The van der Waals surface area contributed by atoms with Crippen LogP contribution < -0.4 is 4.90 Å². The van der Waals surface area contributed by atoms with Crippen LogP contribution in [0.2, 0.25) is 0 Å². The van der Waals surface area contributed by atoms with Gasteiger partial charge in [0.25, 0.3) is 0 Å². The predicted molar refractivity (Wildman–Crippen MR) is 245 cm³/mol. The molecule has 11 rings (SSSR count). The first kappa shape index (κ1) is 33.6. The second kappa shape index (κ2) is 14.1. The van der Waals surface area contributed by atoms with Gasteiger partial charge in [-0.25, -0.2) is 0 Å². The number of nitrogens with zero attached hydrogens (tertiary/aromatic N) is 1. The molecular weight excluding hydrogens is 703 g/mol. The predicted octanol–water partition coefficient (Wildman–Crippen LogP) is 16.0. The van der Waals surface area contributed by atoms with Gasteiger partial charge in [-0.15, -0.1) is 0 Å². The van der Waals surface area contributed by atoms with E-state index < -0.39 is 0 Å². The Hall–Kier alpha value is -7.68. The van der Waals surface area contributed by atoms with Crippen LogP contribution >= 0.6 is 0 Å². The van der Waals surface area contributed by atoms with Gasteiger partial charge in [0.15, 0.2) is 0 Å². The third kappa shape index (κ3) is 5.74. The number of para-hydroxylation sites is 3. The van der Waals surface area contributed by atoms with E-state index in [1.807, 2.05) is 6.07 Å². The Bertz CT molecular complexity index is 3280. The molecule has 272 valence electrons. The second-order valence-electron chi connectivity index (χ2n) is 14.8. The Kier molecular flexibility index (Phi) is 8.19. The minimum atomic E-state index is 0.879. The maximum atomic E-state index is 6.42. The van der Waals surface area contributed by atoms with Crippen molar-refractivity contribution in [1.29, 1.82) is 0 Å². The molecule has 0 radical (unpaired) electrons. The van der Waals surface area contributed by atoms with Crippen molar-refractivity contribution in [3.8, 4) is 44.5 Å². The summed E-state index contributed by atoms with van der Waals surface area (Å²) < 4.78 is 6.42. The lowest BCUT2D eigenvalue weighted by Crippen LogP contribution is -2.12. The summed E-state index contributed by atoms with van der Waals surface area (Å²) in [5.41, 5.74) is 14.4. The van der Waals surface area contributed by atoms with Gasteiger partial charge in [0.05, 0.1) is 11.4 Å². The zero-order chi connectivity index (χ0) is 38.4. The van der Waals surface area contributed by atoms with E-state index in [1.54, 1.807) is 0 Å². The highest BCUT2D eigenvalue weighted by atomic mass is 16.3. The maximum Gasteiger partial charge on any atom is 0.136 e. The lowest BCUT2D eigenvalue weighted by molar-refractivity contribution is 0.669. The molecule has 2 nitrogen and oxygen atoms in total. The minimum Gasteiger partial charge on any atom is -0.456 e. The van der Waals surface area contributed by atoms with Crippen molar-refractivity contribution in [2.75, 3.05) is 4.90 Å². The van der Waals surface area contributed by atoms with E-state index in [4.69, 9.17) is 4.42 Å². The van der Waals surface area contributed by atoms with Crippen molar-refractivity contribution in [2.45, 2.75) is 0 Å². The van der Waals surface area contributed by atoms with E-state index in [0.29, 0.717) is 0 Å². The molecule has 0 N–H and O–H groups in total. The highest BCUT2D eigenvalue weighted by Crippen LogP contribution is 2.48. The third-order valence-corrected chi connectivity index (χ3v) is 11.5. The molecule has 0 bridgehead atoms. The molecule has 0 unspecified atom stereocenters. The van der Waals surface area contributed by atoms with Crippen LogP contribution in [0.3, 0.4) is 0 Å². The molecule has 2 heteroatoms. The van der Waals surface area contributed by atoms with Crippen LogP contribution in [0.1, 0.15) is 0 Å². The lowest BCUT2D eigenvalue weighted by Gasteiger charge is -2.30. The number of rotatable bonds is 7. The number of fused-ring (bicyclic) bond motifs is 5. The van der Waals surface area contributed by atoms with Gasteiger partial charge < -0.3 is 9.32 Å². The Morgan fingerprint density at radius 2 is 0.828 bits per heavy atom. The van der Waals surface area contributed by atoms with Crippen LogP contribution in [0.15, 0.2) is 229 Å². The minimum absolute atomic E-state index is 0.879. The SMILES string of the molecule is c1ccc(-c2cccc3cccc(-c4ccccc4N(c4ccc(-c5ccc6ccccc6c5)cc4)c4ccccc4-c4cccc5oc6ccccc6c45)c23)cc1. The first-order valence-corrected chi connectivity index (χ1v) is 19.8. The number of benzene rings is 10. The molecule has 0 spiro atoms. The lowest BCUT2D eigenvalue weighted by atomic mass is 9.90. The Morgan fingerprint density at radius 1 is 0.293 bits per heavy atom. The number of furan rings is 1. The fourth-order valence-corrected chi connectivity index (χ4v) is 8.80. The fraction of sp³-hybridized carbons (Fsp3) is 0. The average Bonchev–Trinajstić information content (AvgIpc) is 3.69. The first-order valence-electron chi connectivity index (χ1n) is 19.8. The van der Waals surface area contributed by atoms with Crippen molar-refractivity contribution in [3.63, 3.8) is 0 Å². The van der Waals surface area contributed by atoms with Crippen LogP contribution in [0.25, 0.3) is 88.0 Å². The summed E-state index contributed by atoms with van der Waals surface area (Å²) in [4.78, 5) is 2.44. The highest BCUT2D eigenvalue weighted by Gasteiger charge is 2.23. The number of hydrogen-bond donors (Lipinski definition) is 0. The van der Waals surface area contributed by atoms with Gasteiger partial charge in [-0.3, -0.25) is 0 Å².